The van der Waals surface area contributed by atoms with E-state index in [1.165, 1.54) is 16.8 Å². The summed E-state index contributed by atoms with van der Waals surface area (Å²) in [5, 5.41) is 7.04. The Kier molecular flexibility index (Phi) is 4.79. The van der Waals surface area contributed by atoms with Crippen molar-refractivity contribution in [2.75, 3.05) is 6.54 Å². The van der Waals surface area contributed by atoms with Crippen LogP contribution in [0.5, 0.6) is 0 Å². The van der Waals surface area contributed by atoms with Gasteiger partial charge in [0.05, 0.1) is 5.69 Å². The Morgan fingerprint density at radius 3 is 2.70 bits per heavy atom. The fourth-order valence-corrected chi connectivity index (χ4v) is 2.01. The molecule has 2 rings (SSSR count). The zero-order chi connectivity index (χ0) is 17.2. The van der Waals surface area contributed by atoms with Crippen LogP contribution in [0.4, 0.5) is 4.39 Å². The molecule has 23 heavy (non-hydrogen) atoms. The van der Waals surface area contributed by atoms with Crippen molar-refractivity contribution >= 4 is 5.91 Å². The fourth-order valence-electron chi connectivity index (χ4n) is 2.01. The predicted molar refractivity (Wildman–Crippen MR) is 86.0 cm³/mol. The smallest absolute Gasteiger partial charge is 0.291 e. The normalized spacial score (nSPS) is 11.8. The van der Waals surface area contributed by atoms with Gasteiger partial charge < -0.3 is 11.1 Å². The van der Waals surface area contributed by atoms with E-state index < -0.39 is 11.4 Å². The third-order valence-electron chi connectivity index (χ3n) is 3.37. The SMILES string of the molecule is CC(C)c1nc(C(=O)NC(C)(C)CN)nn1-c1cccc(F)c1. The summed E-state index contributed by atoms with van der Waals surface area (Å²) in [6, 6.07) is 6.02. The molecule has 0 saturated heterocycles. The molecule has 0 aliphatic heterocycles. The van der Waals surface area contributed by atoms with Gasteiger partial charge in [-0.1, -0.05) is 19.9 Å². The first-order valence-corrected chi connectivity index (χ1v) is 7.49. The summed E-state index contributed by atoms with van der Waals surface area (Å²) in [5.74, 6) is -0.124. The first-order valence-electron chi connectivity index (χ1n) is 7.49. The molecule has 0 fully saturated rings. The Labute approximate surface area is 134 Å². The van der Waals surface area contributed by atoms with Crippen LogP contribution in [0.3, 0.4) is 0 Å². The van der Waals surface area contributed by atoms with Gasteiger partial charge in [-0.25, -0.2) is 14.1 Å². The molecule has 1 amide bonds. The lowest BCUT2D eigenvalue weighted by Gasteiger charge is -2.23. The van der Waals surface area contributed by atoms with Crippen LogP contribution in [-0.2, 0) is 0 Å². The van der Waals surface area contributed by atoms with Crippen molar-refractivity contribution in [2.24, 2.45) is 5.73 Å². The highest BCUT2D eigenvalue weighted by Gasteiger charge is 2.24. The maximum absolute atomic E-state index is 13.5. The molecule has 1 aromatic carbocycles. The van der Waals surface area contributed by atoms with Crippen LogP contribution in [0.15, 0.2) is 24.3 Å². The van der Waals surface area contributed by atoms with Gasteiger partial charge in [0, 0.05) is 18.0 Å². The van der Waals surface area contributed by atoms with Gasteiger partial charge >= 0.3 is 0 Å². The molecule has 0 saturated carbocycles. The van der Waals surface area contributed by atoms with E-state index in [1.807, 2.05) is 27.7 Å². The van der Waals surface area contributed by atoms with Crippen LogP contribution >= 0.6 is 0 Å². The minimum atomic E-state index is -0.556. The molecule has 3 N–H and O–H groups in total. The van der Waals surface area contributed by atoms with Gasteiger partial charge in [0.2, 0.25) is 5.82 Å². The second-order valence-corrected chi connectivity index (χ2v) is 6.38. The molecular formula is C16H22FN5O. The molecule has 0 aliphatic rings. The van der Waals surface area contributed by atoms with Crippen molar-refractivity contribution < 1.29 is 9.18 Å². The van der Waals surface area contributed by atoms with E-state index in [4.69, 9.17) is 5.73 Å². The zero-order valence-corrected chi connectivity index (χ0v) is 13.8. The molecule has 0 aliphatic carbocycles. The predicted octanol–water partition coefficient (Wildman–Crippen LogP) is 2.00. The Balaban J connectivity index is 2.41. The summed E-state index contributed by atoms with van der Waals surface area (Å²) in [6.07, 6.45) is 0. The third-order valence-corrected chi connectivity index (χ3v) is 3.37. The lowest BCUT2D eigenvalue weighted by Crippen LogP contribution is -2.49. The molecule has 124 valence electrons. The number of nitrogens with one attached hydrogen (secondary N) is 1. The number of benzene rings is 1. The van der Waals surface area contributed by atoms with E-state index >= 15 is 0 Å². The Morgan fingerprint density at radius 2 is 2.13 bits per heavy atom. The molecule has 0 atom stereocenters. The van der Waals surface area contributed by atoms with Gasteiger partial charge in [-0.05, 0) is 32.0 Å². The Morgan fingerprint density at radius 1 is 1.43 bits per heavy atom. The Bertz CT molecular complexity index is 708. The number of rotatable bonds is 5. The van der Waals surface area contributed by atoms with Crippen LogP contribution < -0.4 is 11.1 Å². The molecule has 7 heteroatoms. The Hall–Kier alpha value is -2.28. The number of aromatic nitrogens is 3. The van der Waals surface area contributed by atoms with Gasteiger partial charge in [-0.2, -0.15) is 0 Å². The van der Waals surface area contributed by atoms with Crippen molar-refractivity contribution in [1.29, 1.82) is 0 Å². The van der Waals surface area contributed by atoms with E-state index in [0.29, 0.717) is 18.1 Å². The van der Waals surface area contributed by atoms with Crippen molar-refractivity contribution in [3.8, 4) is 5.69 Å². The summed E-state index contributed by atoms with van der Waals surface area (Å²) in [7, 11) is 0. The van der Waals surface area contributed by atoms with E-state index in [0.717, 1.165) is 0 Å². The standard InChI is InChI=1S/C16H22FN5O/c1-10(2)14-19-13(15(23)20-16(3,4)9-18)21-22(14)12-7-5-6-11(17)8-12/h5-8,10H,9,18H2,1-4H3,(H,20,23). The molecule has 0 unspecified atom stereocenters. The molecule has 1 heterocycles. The number of halogens is 1. The molecule has 0 radical (unpaired) electrons. The monoisotopic (exact) mass is 319 g/mol. The quantitative estimate of drug-likeness (QED) is 0.882. The summed E-state index contributed by atoms with van der Waals surface area (Å²) in [4.78, 5) is 16.6. The van der Waals surface area contributed by atoms with Crippen molar-refractivity contribution in [3.63, 3.8) is 0 Å². The number of hydrogen-bond donors (Lipinski definition) is 2. The molecule has 2 aromatic rings. The average Bonchev–Trinajstić information content (AvgIpc) is 2.92. The highest BCUT2D eigenvalue weighted by atomic mass is 19.1. The van der Waals surface area contributed by atoms with E-state index in [9.17, 15) is 9.18 Å². The maximum Gasteiger partial charge on any atom is 0.291 e. The highest BCUT2D eigenvalue weighted by molar-refractivity contribution is 5.91. The van der Waals surface area contributed by atoms with Gasteiger partial charge in [0.25, 0.3) is 5.91 Å². The molecule has 0 spiro atoms. The largest absolute Gasteiger partial charge is 0.343 e. The van der Waals surface area contributed by atoms with Crippen molar-refractivity contribution in [1.82, 2.24) is 20.1 Å². The van der Waals surface area contributed by atoms with Crippen molar-refractivity contribution in [3.05, 3.63) is 41.7 Å². The zero-order valence-electron chi connectivity index (χ0n) is 13.8. The minimum absolute atomic E-state index is 0.0230. The number of carbonyl (C=O) groups is 1. The van der Waals surface area contributed by atoms with Crippen LogP contribution in [0.2, 0.25) is 0 Å². The van der Waals surface area contributed by atoms with Crippen molar-refractivity contribution in [2.45, 2.75) is 39.2 Å². The van der Waals surface area contributed by atoms with Gasteiger partial charge in [0.15, 0.2) is 0 Å². The first kappa shape index (κ1) is 17.1. The van der Waals surface area contributed by atoms with Crippen LogP contribution in [0.1, 0.15) is 50.1 Å². The second kappa shape index (κ2) is 6.45. The van der Waals surface area contributed by atoms with Crippen LogP contribution in [0, 0.1) is 5.82 Å². The summed E-state index contributed by atoms with van der Waals surface area (Å²) >= 11 is 0. The summed E-state index contributed by atoms with van der Waals surface area (Å²) < 4.78 is 15.0. The molecule has 6 nitrogen and oxygen atoms in total. The minimum Gasteiger partial charge on any atom is -0.343 e. The number of carbonyl (C=O) groups excluding carboxylic acids is 1. The van der Waals surface area contributed by atoms with E-state index in [-0.39, 0.29) is 17.6 Å². The average molecular weight is 319 g/mol. The van der Waals surface area contributed by atoms with Gasteiger partial charge in [-0.3, -0.25) is 4.79 Å². The fraction of sp³-hybridized carbons (Fsp3) is 0.438. The molecular weight excluding hydrogens is 297 g/mol. The third kappa shape index (κ3) is 3.92. The van der Waals surface area contributed by atoms with Gasteiger partial charge in [-0.15, -0.1) is 5.10 Å². The second-order valence-electron chi connectivity index (χ2n) is 6.38. The van der Waals surface area contributed by atoms with E-state index in [2.05, 4.69) is 15.4 Å². The lowest BCUT2D eigenvalue weighted by molar-refractivity contribution is 0.0905. The summed E-state index contributed by atoms with van der Waals surface area (Å²) in [5.41, 5.74) is 5.59. The number of amides is 1. The molecule has 0 bridgehead atoms. The van der Waals surface area contributed by atoms with E-state index in [1.54, 1.807) is 12.1 Å². The number of hydrogen-bond acceptors (Lipinski definition) is 4. The maximum atomic E-state index is 13.5. The van der Waals surface area contributed by atoms with Gasteiger partial charge in [0.1, 0.15) is 11.6 Å². The summed E-state index contributed by atoms with van der Waals surface area (Å²) in [6.45, 7) is 7.80. The number of nitrogens with zero attached hydrogens (tertiary/aromatic N) is 3. The highest BCUT2D eigenvalue weighted by Crippen LogP contribution is 2.18. The van der Waals surface area contributed by atoms with Crippen LogP contribution in [0.25, 0.3) is 5.69 Å². The number of nitrogens with two attached hydrogens (primary N) is 1. The molecule has 1 aromatic heterocycles. The topological polar surface area (TPSA) is 85.8 Å². The van der Waals surface area contributed by atoms with Crippen LogP contribution in [-0.4, -0.2) is 32.8 Å². The lowest BCUT2D eigenvalue weighted by atomic mass is 10.1. The first-order chi connectivity index (χ1) is 10.7.